The van der Waals surface area contributed by atoms with Gasteiger partial charge in [0.1, 0.15) is 30.5 Å². The number of hydrogen-bond donors (Lipinski definition) is 0. The largest absolute Gasteiger partial charge is 0.573 e. The number of para-hydroxylation sites is 1. The van der Waals surface area contributed by atoms with Crippen LogP contribution in [0.2, 0.25) is 0 Å². The molecule has 0 atom stereocenters. The minimum atomic E-state index is -4.87. The SMILES string of the molecule is O=C(c1ccccc1OC(F)(F)F)N1CCN(c2cc(-n3cncn3)ncn2)CC1. The first kappa shape index (κ1) is 19.6. The second-order valence-corrected chi connectivity index (χ2v) is 6.40. The van der Waals surface area contributed by atoms with Crippen LogP contribution in [0.25, 0.3) is 5.82 Å². The molecular weight excluding hydrogens is 403 g/mol. The van der Waals surface area contributed by atoms with Gasteiger partial charge in [-0.1, -0.05) is 12.1 Å². The second kappa shape index (κ2) is 7.97. The van der Waals surface area contributed by atoms with Gasteiger partial charge in [-0.3, -0.25) is 4.79 Å². The highest BCUT2D eigenvalue weighted by molar-refractivity contribution is 5.97. The summed E-state index contributed by atoms with van der Waals surface area (Å²) in [5.74, 6) is 0.184. The molecule has 0 saturated carbocycles. The predicted octanol–water partition coefficient (Wildman–Crippen LogP) is 1.92. The lowest BCUT2D eigenvalue weighted by Gasteiger charge is -2.35. The zero-order chi connectivity index (χ0) is 21.1. The van der Waals surface area contributed by atoms with E-state index in [-0.39, 0.29) is 5.56 Å². The first-order chi connectivity index (χ1) is 14.4. The first-order valence-electron chi connectivity index (χ1n) is 8.97. The third kappa shape index (κ3) is 4.31. The van der Waals surface area contributed by atoms with E-state index >= 15 is 0 Å². The molecule has 0 bridgehead atoms. The minimum absolute atomic E-state index is 0.126. The monoisotopic (exact) mass is 419 g/mol. The quantitative estimate of drug-likeness (QED) is 0.638. The maximum atomic E-state index is 12.8. The minimum Gasteiger partial charge on any atom is -0.405 e. The van der Waals surface area contributed by atoms with Crippen molar-refractivity contribution in [1.82, 2.24) is 29.6 Å². The molecule has 12 heteroatoms. The molecule has 0 N–H and O–H groups in total. The molecule has 0 spiro atoms. The number of anilines is 1. The Morgan fingerprint density at radius 1 is 1.00 bits per heavy atom. The Hall–Kier alpha value is -3.70. The van der Waals surface area contributed by atoms with Crippen LogP contribution in [-0.4, -0.2) is 68.1 Å². The van der Waals surface area contributed by atoms with Crippen LogP contribution >= 0.6 is 0 Å². The van der Waals surface area contributed by atoms with Gasteiger partial charge in [-0.15, -0.1) is 13.2 Å². The van der Waals surface area contributed by atoms with Crippen LogP contribution in [0.15, 0.2) is 49.3 Å². The number of benzene rings is 1. The summed E-state index contributed by atoms with van der Waals surface area (Å²) in [5.41, 5.74) is -0.126. The molecule has 3 heterocycles. The Morgan fingerprint density at radius 2 is 1.73 bits per heavy atom. The van der Waals surface area contributed by atoms with Gasteiger partial charge < -0.3 is 14.5 Å². The number of halogens is 3. The summed E-state index contributed by atoms with van der Waals surface area (Å²) >= 11 is 0. The number of ether oxygens (including phenoxy) is 1. The van der Waals surface area contributed by atoms with Gasteiger partial charge in [0.2, 0.25) is 0 Å². The molecule has 30 heavy (non-hydrogen) atoms. The molecule has 1 aromatic carbocycles. The van der Waals surface area contributed by atoms with Crippen molar-refractivity contribution in [1.29, 1.82) is 0 Å². The first-order valence-corrected chi connectivity index (χ1v) is 8.97. The summed E-state index contributed by atoms with van der Waals surface area (Å²) in [6.45, 7) is 1.56. The maximum absolute atomic E-state index is 12.8. The van der Waals surface area contributed by atoms with Crippen molar-refractivity contribution >= 4 is 11.7 Å². The van der Waals surface area contributed by atoms with Crippen molar-refractivity contribution in [3.8, 4) is 11.6 Å². The molecule has 3 aromatic rings. The molecule has 1 aliphatic rings. The summed E-state index contributed by atoms with van der Waals surface area (Å²) in [6, 6.07) is 7.09. The number of alkyl halides is 3. The van der Waals surface area contributed by atoms with Crippen LogP contribution in [0.3, 0.4) is 0 Å². The third-order valence-electron chi connectivity index (χ3n) is 4.53. The molecule has 0 aliphatic carbocycles. The van der Waals surface area contributed by atoms with Gasteiger partial charge in [-0.2, -0.15) is 5.10 Å². The molecule has 0 radical (unpaired) electrons. The van der Waals surface area contributed by atoms with Crippen LogP contribution in [0, 0.1) is 0 Å². The molecular formula is C18H16F3N7O2. The van der Waals surface area contributed by atoms with Crippen LogP contribution in [0.5, 0.6) is 5.75 Å². The van der Waals surface area contributed by atoms with Crippen molar-refractivity contribution in [2.24, 2.45) is 0 Å². The van der Waals surface area contributed by atoms with E-state index in [9.17, 15) is 18.0 Å². The fourth-order valence-corrected chi connectivity index (χ4v) is 3.13. The van der Waals surface area contributed by atoms with E-state index in [1.54, 1.807) is 6.07 Å². The van der Waals surface area contributed by atoms with Gasteiger partial charge in [0.25, 0.3) is 5.91 Å². The lowest BCUT2D eigenvalue weighted by molar-refractivity contribution is -0.274. The van der Waals surface area contributed by atoms with E-state index in [0.717, 1.165) is 6.07 Å². The van der Waals surface area contributed by atoms with Crippen molar-refractivity contribution < 1.29 is 22.7 Å². The van der Waals surface area contributed by atoms with Gasteiger partial charge in [0, 0.05) is 32.2 Å². The summed E-state index contributed by atoms with van der Waals surface area (Å²) in [7, 11) is 0. The zero-order valence-corrected chi connectivity index (χ0v) is 15.5. The number of aromatic nitrogens is 5. The number of carbonyl (C=O) groups excluding carboxylic acids is 1. The lowest BCUT2D eigenvalue weighted by Crippen LogP contribution is -2.49. The molecule has 156 valence electrons. The standard InChI is InChI=1S/C18H16F3N7O2/c19-18(20,21)30-14-4-2-1-3-13(14)17(29)27-7-5-26(6-8-27)15-9-16(24-11-23-15)28-12-22-10-25-28/h1-4,9-12H,5-8H2. The van der Waals surface area contributed by atoms with Crippen LogP contribution in [0.4, 0.5) is 19.0 Å². The van der Waals surface area contributed by atoms with E-state index in [1.165, 1.54) is 46.8 Å². The Morgan fingerprint density at radius 3 is 2.43 bits per heavy atom. The molecule has 1 aliphatic heterocycles. The number of amides is 1. The van der Waals surface area contributed by atoms with E-state index in [0.29, 0.717) is 37.8 Å². The van der Waals surface area contributed by atoms with E-state index in [4.69, 9.17) is 0 Å². The number of carbonyl (C=O) groups is 1. The molecule has 4 rings (SSSR count). The molecule has 1 fully saturated rings. The van der Waals surface area contributed by atoms with Gasteiger partial charge in [-0.25, -0.2) is 19.6 Å². The summed E-state index contributed by atoms with van der Waals surface area (Å²) in [4.78, 5) is 28.5. The Labute approximate surface area is 168 Å². The predicted molar refractivity (Wildman–Crippen MR) is 98.2 cm³/mol. The third-order valence-corrected chi connectivity index (χ3v) is 4.53. The molecule has 1 saturated heterocycles. The van der Waals surface area contributed by atoms with Crippen molar-refractivity contribution in [3.63, 3.8) is 0 Å². The number of hydrogen-bond acceptors (Lipinski definition) is 7. The van der Waals surface area contributed by atoms with Gasteiger partial charge in [-0.05, 0) is 12.1 Å². The van der Waals surface area contributed by atoms with Gasteiger partial charge in [0.15, 0.2) is 5.82 Å². The molecule has 2 aromatic heterocycles. The lowest BCUT2D eigenvalue weighted by atomic mass is 10.1. The summed E-state index contributed by atoms with van der Waals surface area (Å²) in [6.07, 6.45) is -0.547. The van der Waals surface area contributed by atoms with Crippen molar-refractivity contribution in [3.05, 3.63) is 54.9 Å². The summed E-state index contributed by atoms with van der Waals surface area (Å²) < 4.78 is 43.4. The van der Waals surface area contributed by atoms with E-state index in [1.807, 2.05) is 4.90 Å². The van der Waals surface area contributed by atoms with Gasteiger partial charge >= 0.3 is 6.36 Å². The number of piperazine rings is 1. The van der Waals surface area contributed by atoms with Crippen molar-refractivity contribution in [2.45, 2.75) is 6.36 Å². The fraction of sp³-hybridized carbons (Fsp3) is 0.278. The highest BCUT2D eigenvalue weighted by Crippen LogP contribution is 2.27. The van der Waals surface area contributed by atoms with E-state index in [2.05, 4.69) is 24.8 Å². The Bertz CT molecular complexity index is 1020. The Kier molecular flexibility index (Phi) is 5.21. The summed E-state index contributed by atoms with van der Waals surface area (Å²) in [5, 5.41) is 4.03. The number of rotatable bonds is 4. The average molecular weight is 419 g/mol. The molecule has 1 amide bonds. The maximum Gasteiger partial charge on any atom is 0.573 e. The highest BCUT2D eigenvalue weighted by Gasteiger charge is 2.34. The fourth-order valence-electron chi connectivity index (χ4n) is 3.13. The van der Waals surface area contributed by atoms with E-state index < -0.39 is 18.0 Å². The van der Waals surface area contributed by atoms with Gasteiger partial charge in [0.05, 0.1) is 5.56 Å². The molecule has 0 unspecified atom stereocenters. The zero-order valence-electron chi connectivity index (χ0n) is 15.5. The Balaban J connectivity index is 1.44. The normalized spacial score (nSPS) is 14.6. The second-order valence-electron chi connectivity index (χ2n) is 6.40. The topological polar surface area (TPSA) is 89.3 Å². The highest BCUT2D eigenvalue weighted by atomic mass is 19.4. The average Bonchev–Trinajstić information content (AvgIpc) is 3.28. The van der Waals surface area contributed by atoms with Crippen LogP contribution < -0.4 is 9.64 Å². The van der Waals surface area contributed by atoms with Crippen LogP contribution in [0.1, 0.15) is 10.4 Å². The van der Waals surface area contributed by atoms with Crippen LogP contribution in [-0.2, 0) is 0 Å². The number of nitrogens with zero attached hydrogens (tertiary/aromatic N) is 7. The smallest absolute Gasteiger partial charge is 0.405 e. The molecule has 9 nitrogen and oxygen atoms in total. The van der Waals surface area contributed by atoms with Crippen molar-refractivity contribution in [2.75, 3.05) is 31.1 Å².